The molecule has 2 N–H and O–H groups in total. The second-order valence-corrected chi connectivity index (χ2v) is 6.32. The molecule has 0 heterocycles. The van der Waals surface area contributed by atoms with Crippen molar-refractivity contribution < 1.29 is 9.59 Å². The van der Waals surface area contributed by atoms with Gasteiger partial charge in [0.25, 0.3) is 11.8 Å². The minimum absolute atomic E-state index is 0.299. The zero-order valence-corrected chi connectivity index (χ0v) is 15.0. The molecule has 0 aliphatic carbocycles. The molecule has 0 fully saturated rings. The molecule has 0 saturated carbocycles. The summed E-state index contributed by atoms with van der Waals surface area (Å²) in [6, 6.07) is 20.3. The van der Waals surface area contributed by atoms with Gasteiger partial charge in [-0.25, -0.2) is 0 Å². The van der Waals surface area contributed by atoms with E-state index in [1.54, 1.807) is 48.5 Å². The van der Waals surface area contributed by atoms with Crippen LogP contribution in [0, 0.1) is 0 Å². The molecule has 0 aliphatic rings. The summed E-state index contributed by atoms with van der Waals surface area (Å²) in [5.74, 6) is -0.685. The van der Waals surface area contributed by atoms with Gasteiger partial charge in [-0.1, -0.05) is 47.5 Å². The normalized spacial score (nSPS) is 10.2. The van der Waals surface area contributed by atoms with E-state index in [-0.39, 0.29) is 11.8 Å². The van der Waals surface area contributed by atoms with Gasteiger partial charge in [-0.15, -0.1) is 0 Å². The number of anilines is 2. The van der Waals surface area contributed by atoms with Gasteiger partial charge in [0.2, 0.25) is 0 Å². The number of carbonyl (C=O) groups is 2. The number of benzene rings is 3. The molecule has 6 heteroatoms. The number of amides is 2. The summed E-state index contributed by atoms with van der Waals surface area (Å²) in [5.41, 5.74) is 1.79. The number of rotatable bonds is 4. The average molecular weight is 385 g/mol. The lowest BCUT2D eigenvalue weighted by Crippen LogP contribution is -2.15. The lowest BCUT2D eigenvalue weighted by molar-refractivity contribution is 0.102. The second kappa shape index (κ2) is 8.04. The SMILES string of the molecule is O=C(Nc1ccccc1)c1cccc(C(=O)Nc2cc(Cl)ccc2Cl)c1. The van der Waals surface area contributed by atoms with Crippen LogP contribution >= 0.6 is 23.2 Å². The molecule has 0 bridgehead atoms. The minimum Gasteiger partial charge on any atom is -0.322 e. The molecule has 0 aromatic heterocycles. The van der Waals surface area contributed by atoms with E-state index in [1.807, 2.05) is 18.2 Å². The van der Waals surface area contributed by atoms with E-state index in [0.717, 1.165) is 0 Å². The van der Waals surface area contributed by atoms with Crippen LogP contribution in [-0.2, 0) is 0 Å². The van der Waals surface area contributed by atoms with Crippen molar-refractivity contribution in [2.45, 2.75) is 0 Å². The Morgan fingerprint density at radius 3 is 2.04 bits per heavy atom. The van der Waals surface area contributed by atoms with E-state index in [9.17, 15) is 9.59 Å². The molecule has 0 aliphatic heterocycles. The highest BCUT2D eigenvalue weighted by Gasteiger charge is 2.12. The first-order valence-corrected chi connectivity index (χ1v) is 8.51. The fraction of sp³-hybridized carbons (Fsp3) is 0. The van der Waals surface area contributed by atoms with Crippen LogP contribution in [0.2, 0.25) is 10.0 Å². The molecule has 0 spiro atoms. The first-order valence-electron chi connectivity index (χ1n) is 7.76. The van der Waals surface area contributed by atoms with Crippen LogP contribution in [0.3, 0.4) is 0 Å². The van der Waals surface area contributed by atoms with Gasteiger partial charge in [0.05, 0.1) is 10.7 Å². The topological polar surface area (TPSA) is 58.2 Å². The molecule has 0 saturated heterocycles. The molecule has 3 rings (SSSR count). The van der Waals surface area contributed by atoms with Gasteiger partial charge in [0.1, 0.15) is 0 Å². The summed E-state index contributed by atoms with van der Waals surface area (Å²) in [6.45, 7) is 0. The average Bonchev–Trinajstić information content (AvgIpc) is 2.65. The third kappa shape index (κ3) is 4.42. The maximum Gasteiger partial charge on any atom is 0.255 e. The number of hydrogen-bond donors (Lipinski definition) is 2. The van der Waals surface area contributed by atoms with Crippen molar-refractivity contribution in [3.8, 4) is 0 Å². The Morgan fingerprint density at radius 1 is 0.692 bits per heavy atom. The van der Waals surface area contributed by atoms with Crippen LogP contribution in [0.25, 0.3) is 0 Å². The second-order valence-electron chi connectivity index (χ2n) is 5.48. The smallest absolute Gasteiger partial charge is 0.255 e. The zero-order chi connectivity index (χ0) is 18.5. The number of nitrogens with one attached hydrogen (secondary N) is 2. The molecular formula is C20H14Cl2N2O2. The van der Waals surface area contributed by atoms with Crippen molar-refractivity contribution in [1.29, 1.82) is 0 Å². The quantitative estimate of drug-likeness (QED) is 0.623. The molecule has 3 aromatic rings. The molecular weight excluding hydrogens is 371 g/mol. The minimum atomic E-state index is -0.386. The molecule has 3 aromatic carbocycles. The Hall–Kier alpha value is -2.82. The van der Waals surface area contributed by atoms with Crippen molar-refractivity contribution >= 4 is 46.4 Å². The first-order chi connectivity index (χ1) is 12.5. The summed E-state index contributed by atoms with van der Waals surface area (Å²) in [7, 11) is 0. The Labute approximate surface area is 160 Å². The molecule has 0 radical (unpaired) electrons. The van der Waals surface area contributed by atoms with Crippen LogP contribution < -0.4 is 10.6 Å². The number of carbonyl (C=O) groups excluding carboxylic acids is 2. The standard InChI is InChI=1S/C20H14Cl2N2O2/c21-15-9-10-17(22)18(12-15)24-20(26)14-6-4-5-13(11-14)19(25)23-16-7-2-1-3-8-16/h1-12H,(H,23,25)(H,24,26). The lowest BCUT2D eigenvalue weighted by atomic mass is 10.1. The molecule has 130 valence electrons. The summed E-state index contributed by atoms with van der Waals surface area (Å²) in [6.07, 6.45) is 0. The van der Waals surface area contributed by atoms with Crippen molar-refractivity contribution in [2.24, 2.45) is 0 Å². The third-order valence-electron chi connectivity index (χ3n) is 3.60. The van der Waals surface area contributed by atoms with Gasteiger partial charge in [-0.05, 0) is 48.5 Å². The summed E-state index contributed by atoms with van der Waals surface area (Å²) < 4.78 is 0. The fourth-order valence-electron chi connectivity index (χ4n) is 2.31. The lowest BCUT2D eigenvalue weighted by Gasteiger charge is -2.09. The van der Waals surface area contributed by atoms with E-state index in [0.29, 0.717) is 32.5 Å². The maximum atomic E-state index is 12.5. The van der Waals surface area contributed by atoms with E-state index in [4.69, 9.17) is 23.2 Å². The van der Waals surface area contributed by atoms with Crippen molar-refractivity contribution in [2.75, 3.05) is 10.6 Å². The molecule has 2 amide bonds. The van der Waals surface area contributed by atoms with Crippen molar-refractivity contribution in [3.63, 3.8) is 0 Å². The van der Waals surface area contributed by atoms with Gasteiger partial charge in [0.15, 0.2) is 0 Å². The van der Waals surface area contributed by atoms with Gasteiger partial charge in [0, 0.05) is 21.8 Å². The van der Waals surface area contributed by atoms with Crippen LogP contribution in [0.15, 0.2) is 72.8 Å². The number of hydrogen-bond acceptors (Lipinski definition) is 2. The predicted molar refractivity (Wildman–Crippen MR) is 105 cm³/mol. The van der Waals surface area contributed by atoms with Crippen LogP contribution in [0.1, 0.15) is 20.7 Å². The largest absolute Gasteiger partial charge is 0.322 e. The highest BCUT2D eigenvalue weighted by atomic mass is 35.5. The molecule has 0 atom stereocenters. The Balaban J connectivity index is 1.77. The summed E-state index contributed by atoms with van der Waals surface area (Å²) in [5, 5.41) is 6.31. The van der Waals surface area contributed by atoms with Crippen molar-refractivity contribution in [1.82, 2.24) is 0 Å². The van der Waals surface area contributed by atoms with Gasteiger partial charge < -0.3 is 10.6 Å². The van der Waals surface area contributed by atoms with E-state index in [1.165, 1.54) is 6.07 Å². The third-order valence-corrected chi connectivity index (χ3v) is 4.16. The predicted octanol–water partition coefficient (Wildman–Crippen LogP) is 5.50. The summed E-state index contributed by atoms with van der Waals surface area (Å²) >= 11 is 12.0. The molecule has 0 unspecified atom stereocenters. The number of para-hydroxylation sites is 1. The van der Waals surface area contributed by atoms with Crippen LogP contribution in [0.4, 0.5) is 11.4 Å². The zero-order valence-electron chi connectivity index (χ0n) is 13.5. The summed E-state index contributed by atoms with van der Waals surface area (Å²) in [4.78, 5) is 24.8. The van der Waals surface area contributed by atoms with E-state index >= 15 is 0 Å². The Kier molecular flexibility index (Phi) is 5.56. The number of halogens is 2. The molecule has 4 nitrogen and oxygen atoms in total. The van der Waals surface area contributed by atoms with Gasteiger partial charge >= 0.3 is 0 Å². The highest BCUT2D eigenvalue weighted by Crippen LogP contribution is 2.26. The fourth-order valence-corrected chi connectivity index (χ4v) is 2.65. The molecule has 26 heavy (non-hydrogen) atoms. The van der Waals surface area contributed by atoms with Gasteiger partial charge in [-0.3, -0.25) is 9.59 Å². The first kappa shape index (κ1) is 18.0. The van der Waals surface area contributed by atoms with E-state index in [2.05, 4.69) is 10.6 Å². The Morgan fingerprint density at radius 2 is 1.35 bits per heavy atom. The maximum absolute atomic E-state index is 12.5. The van der Waals surface area contributed by atoms with Crippen LogP contribution in [-0.4, -0.2) is 11.8 Å². The Bertz CT molecular complexity index is 959. The monoisotopic (exact) mass is 384 g/mol. The van der Waals surface area contributed by atoms with Gasteiger partial charge in [-0.2, -0.15) is 0 Å². The van der Waals surface area contributed by atoms with Crippen molar-refractivity contribution in [3.05, 3.63) is 94.0 Å². The van der Waals surface area contributed by atoms with Crippen LogP contribution in [0.5, 0.6) is 0 Å². The van der Waals surface area contributed by atoms with E-state index < -0.39 is 0 Å². The highest BCUT2D eigenvalue weighted by molar-refractivity contribution is 6.35.